The molecule has 0 spiro atoms. The number of aliphatic hydroxyl groups is 3. The molecule has 0 aromatic rings. The van der Waals surface area contributed by atoms with Crippen LogP contribution in [0, 0.1) is 0 Å². The number of aliphatic hydroxyl groups excluding tert-OH is 3. The van der Waals surface area contributed by atoms with E-state index in [2.05, 4.69) is 66.6 Å². The van der Waals surface area contributed by atoms with Gasteiger partial charge in [0.05, 0.1) is 19.8 Å². The minimum Gasteiger partial charge on any atom is -0.457 e. The Morgan fingerprint density at radius 2 is 0.868 bits per heavy atom. The number of allylic oxidation sites excluding steroid dienone is 8. The first-order valence-electron chi connectivity index (χ1n) is 31.4. The summed E-state index contributed by atoms with van der Waals surface area (Å²) in [5.74, 6) is -0.402. The summed E-state index contributed by atoms with van der Waals surface area (Å²) >= 11 is 0. The average molecular weight is 1100 g/mol. The van der Waals surface area contributed by atoms with Gasteiger partial charge in [0.15, 0.2) is 6.29 Å². The summed E-state index contributed by atoms with van der Waals surface area (Å²) in [5, 5.41) is 30.9. The number of hydrogen-bond acceptors (Lipinski definition) is 11. The normalized spacial score (nSPS) is 18.8. The second-order valence-corrected chi connectivity index (χ2v) is 22.7. The standard InChI is InChI=1S/C63H116O12S/c1-3-5-7-9-11-13-15-17-19-21-23-25-27-28-29-31-33-35-37-39-41-43-45-47-49-51-53-71-55-57(56-72-63-61(67)62(75-76(68,69)70)60(66)58(54-64)74-63)73-59(65)52-50-48-46-44-42-40-38-36-34-32-30-26-24-22-20-18-16-14-12-10-8-6-4-2/h16,18,21-24,30,32,57-58,60-64,66-67H,3-15,17,19-20,25-29,31,33-56H2,1-2H3,(H,68,69,70)/b18-16-,23-21-,24-22-,32-30-. The van der Waals surface area contributed by atoms with E-state index in [4.69, 9.17) is 18.9 Å². The van der Waals surface area contributed by atoms with Crippen LogP contribution in [0.1, 0.15) is 284 Å². The van der Waals surface area contributed by atoms with Gasteiger partial charge in [-0.15, -0.1) is 0 Å². The lowest BCUT2D eigenvalue weighted by Crippen LogP contribution is -2.60. The molecule has 0 saturated carbocycles. The van der Waals surface area contributed by atoms with Gasteiger partial charge in [-0.25, -0.2) is 4.18 Å². The van der Waals surface area contributed by atoms with Crippen LogP contribution in [0.15, 0.2) is 48.6 Å². The maximum Gasteiger partial charge on any atom is 0.397 e. The maximum atomic E-state index is 13.0. The van der Waals surface area contributed by atoms with Gasteiger partial charge in [-0.2, -0.15) is 8.42 Å². The second-order valence-electron chi connectivity index (χ2n) is 21.6. The van der Waals surface area contributed by atoms with Crippen LogP contribution in [-0.2, 0) is 38.3 Å². The number of ether oxygens (including phenoxy) is 4. The highest BCUT2D eigenvalue weighted by molar-refractivity contribution is 7.80. The molecule has 76 heavy (non-hydrogen) atoms. The Labute approximate surface area is 466 Å². The van der Waals surface area contributed by atoms with Crippen LogP contribution in [0.4, 0.5) is 0 Å². The Morgan fingerprint density at radius 1 is 0.500 bits per heavy atom. The van der Waals surface area contributed by atoms with Crippen molar-refractivity contribution in [3.8, 4) is 0 Å². The van der Waals surface area contributed by atoms with Gasteiger partial charge in [0.2, 0.25) is 0 Å². The van der Waals surface area contributed by atoms with E-state index in [9.17, 15) is 33.1 Å². The number of esters is 1. The van der Waals surface area contributed by atoms with Gasteiger partial charge in [-0.05, 0) is 77.0 Å². The van der Waals surface area contributed by atoms with Gasteiger partial charge in [-0.3, -0.25) is 9.35 Å². The lowest BCUT2D eigenvalue weighted by molar-refractivity contribution is -0.301. The SMILES string of the molecule is CCCCCCC/C=C\C/C=C\C/C=C\CCCCCCCCCCC(=O)OC(COCCCCCCCCCCCCCCCC/C=C\CCCCCCCCCC)COC1OC(CO)C(O)C(OS(=O)(=O)O)C1O. The van der Waals surface area contributed by atoms with Crippen molar-refractivity contribution in [2.75, 3.05) is 26.4 Å². The molecule has 1 fully saturated rings. The van der Waals surface area contributed by atoms with E-state index in [1.54, 1.807) is 0 Å². The molecule has 1 heterocycles. The Hall–Kier alpha value is -1.94. The van der Waals surface area contributed by atoms with Crippen molar-refractivity contribution < 1.29 is 56.2 Å². The fourth-order valence-corrected chi connectivity index (χ4v) is 10.2. The van der Waals surface area contributed by atoms with E-state index in [0.717, 1.165) is 57.8 Å². The summed E-state index contributed by atoms with van der Waals surface area (Å²) in [4.78, 5) is 13.0. The molecule has 13 heteroatoms. The summed E-state index contributed by atoms with van der Waals surface area (Å²) in [6.45, 7) is 4.02. The smallest absolute Gasteiger partial charge is 0.397 e. The van der Waals surface area contributed by atoms with E-state index < -0.39 is 59.8 Å². The lowest BCUT2D eigenvalue weighted by Gasteiger charge is -2.41. The van der Waals surface area contributed by atoms with Crippen molar-refractivity contribution in [1.82, 2.24) is 0 Å². The molecule has 0 amide bonds. The number of hydrogen-bond donors (Lipinski definition) is 4. The van der Waals surface area contributed by atoms with Gasteiger partial charge in [0.25, 0.3) is 0 Å². The fourth-order valence-electron chi connectivity index (χ4n) is 9.68. The summed E-state index contributed by atoms with van der Waals surface area (Å²) in [7, 11) is -5.07. The predicted molar refractivity (Wildman–Crippen MR) is 313 cm³/mol. The molecule has 6 unspecified atom stereocenters. The number of carbonyl (C=O) groups excluding carboxylic acids is 1. The zero-order valence-electron chi connectivity index (χ0n) is 48.6. The highest BCUT2D eigenvalue weighted by atomic mass is 32.3. The van der Waals surface area contributed by atoms with Gasteiger partial charge >= 0.3 is 16.4 Å². The molecule has 1 aliphatic rings. The van der Waals surface area contributed by atoms with Crippen LogP contribution in [0.3, 0.4) is 0 Å². The van der Waals surface area contributed by atoms with E-state index >= 15 is 0 Å². The molecule has 1 saturated heterocycles. The molecule has 1 aliphatic heterocycles. The summed E-state index contributed by atoms with van der Waals surface area (Å²) in [5.41, 5.74) is 0. The molecule has 6 atom stereocenters. The number of unbranched alkanes of at least 4 members (excludes halogenated alkanes) is 35. The summed E-state index contributed by atoms with van der Waals surface area (Å²) < 4.78 is 59.5. The zero-order valence-corrected chi connectivity index (χ0v) is 49.4. The van der Waals surface area contributed by atoms with Crippen molar-refractivity contribution in [2.24, 2.45) is 0 Å². The molecule has 0 aliphatic carbocycles. The number of carbonyl (C=O) groups is 1. The Bertz CT molecular complexity index is 1500. The third kappa shape index (κ3) is 45.9. The molecule has 0 bridgehead atoms. The van der Waals surface area contributed by atoms with Crippen molar-refractivity contribution in [3.05, 3.63) is 48.6 Å². The van der Waals surface area contributed by atoms with Crippen molar-refractivity contribution in [3.63, 3.8) is 0 Å². The first-order valence-corrected chi connectivity index (χ1v) is 32.8. The highest BCUT2D eigenvalue weighted by Crippen LogP contribution is 2.26. The molecular weight excluding hydrogens is 981 g/mol. The van der Waals surface area contributed by atoms with Gasteiger partial charge in [-0.1, -0.05) is 249 Å². The quantitative estimate of drug-likeness (QED) is 0.0196. The van der Waals surface area contributed by atoms with Crippen LogP contribution in [0.2, 0.25) is 0 Å². The third-order valence-corrected chi connectivity index (χ3v) is 14.9. The van der Waals surface area contributed by atoms with Gasteiger partial charge < -0.3 is 34.3 Å². The van der Waals surface area contributed by atoms with Crippen LogP contribution in [0.5, 0.6) is 0 Å². The van der Waals surface area contributed by atoms with Gasteiger partial charge in [0.1, 0.15) is 30.5 Å². The molecule has 12 nitrogen and oxygen atoms in total. The Balaban J connectivity index is 2.26. The molecule has 0 radical (unpaired) electrons. The first kappa shape index (κ1) is 72.1. The second kappa shape index (κ2) is 53.7. The van der Waals surface area contributed by atoms with Crippen molar-refractivity contribution in [1.29, 1.82) is 0 Å². The molecular formula is C63H116O12S. The largest absolute Gasteiger partial charge is 0.457 e. The monoisotopic (exact) mass is 1100 g/mol. The third-order valence-electron chi connectivity index (χ3n) is 14.4. The van der Waals surface area contributed by atoms with Crippen molar-refractivity contribution in [2.45, 2.75) is 320 Å². The fraction of sp³-hybridized carbons (Fsp3) is 0.857. The summed E-state index contributed by atoms with van der Waals surface area (Å²) in [6, 6.07) is 0. The van der Waals surface area contributed by atoms with Crippen LogP contribution >= 0.6 is 0 Å². The highest BCUT2D eigenvalue weighted by Gasteiger charge is 2.48. The topological polar surface area (TPSA) is 178 Å². The van der Waals surface area contributed by atoms with Crippen LogP contribution < -0.4 is 0 Å². The summed E-state index contributed by atoms with van der Waals surface area (Å²) in [6.07, 6.45) is 60.1. The zero-order chi connectivity index (χ0) is 55.3. The molecule has 0 aromatic heterocycles. The average Bonchev–Trinajstić information content (AvgIpc) is 3.40. The van der Waals surface area contributed by atoms with E-state index in [-0.39, 0.29) is 19.6 Å². The Morgan fingerprint density at radius 3 is 1.28 bits per heavy atom. The molecule has 0 aromatic carbocycles. The first-order chi connectivity index (χ1) is 37.1. The number of rotatable bonds is 56. The van der Waals surface area contributed by atoms with Gasteiger partial charge in [0, 0.05) is 13.0 Å². The Kier molecular flexibility index (Phi) is 50.9. The lowest BCUT2D eigenvalue weighted by atomic mass is 9.99. The maximum absolute atomic E-state index is 13.0. The van der Waals surface area contributed by atoms with Crippen LogP contribution in [-0.4, -0.2) is 97.5 Å². The molecule has 446 valence electrons. The van der Waals surface area contributed by atoms with E-state index in [0.29, 0.717) is 13.0 Å². The van der Waals surface area contributed by atoms with Crippen molar-refractivity contribution >= 4 is 16.4 Å². The minimum absolute atomic E-state index is 0.0341. The van der Waals surface area contributed by atoms with Crippen LogP contribution in [0.25, 0.3) is 0 Å². The molecule has 4 N–H and O–H groups in total. The van der Waals surface area contributed by atoms with E-state index in [1.165, 1.54) is 199 Å². The predicted octanol–water partition coefficient (Wildman–Crippen LogP) is 16.2. The molecule has 1 rings (SSSR count). The minimum atomic E-state index is -5.07. The van der Waals surface area contributed by atoms with E-state index in [1.807, 2.05) is 0 Å².